The number of nitrogens with zero attached hydrogens (tertiary/aromatic N) is 1. The maximum atomic E-state index is 14.2. The van der Waals surface area contributed by atoms with Crippen molar-refractivity contribution in [2.75, 3.05) is 19.0 Å². The summed E-state index contributed by atoms with van der Waals surface area (Å²) in [5, 5.41) is 14.3. The van der Waals surface area contributed by atoms with Crippen molar-refractivity contribution in [3.05, 3.63) is 115 Å². The van der Waals surface area contributed by atoms with Crippen molar-refractivity contribution < 1.29 is 28.6 Å². The predicted octanol–water partition coefficient (Wildman–Crippen LogP) is 7.61. The second-order valence-electron chi connectivity index (χ2n) is 11.2. The molecule has 2 atom stereocenters. The van der Waals surface area contributed by atoms with Gasteiger partial charge in [0.15, 0.2) is 0 Å². The summed E-state index contributed by atoms with van der Waals surface area (Å²) < 4.78 is 26.8. The molecule has 1 heterocycles. The number of aromatic nitrogens is 1. The van der Waals surface area contributed by atoms with Crippen LogP contribution >= 0.6 is 0 Å². The van der Waals surface area contributed by atoms with Crippen LogP contribution in [-0.4, -0.2) is 47.5 Å². The van der Waals surface area contributed by atoms with Crippen LogP contribution in [0.25, 0.3) is 22.4 Å². The highest BCUT2D eigenvalue weighted by Gasteiger charge is 2.31. The largest absolute Gasteiger partial charge is 0.469 e. The molecule has 0 bridgehead atoms. The van der Waals surface area contributed by atoms with Crippen LogP contribution in [-0.2, 0) is 20.8 Å². The number of aliphatic hydroxyl groups excluding tert-OH is 1. The molecule has 8 heteroatoms. The maximum Gasteiger partial charge on any atom is 0.308 e. The number of amides is 1. The quantitative estimate of drug-likeness (QED) is 0.107. The van der Waals surface area contributed by atoms with Gasteiger partial charge < -0.3 is 24.5 Å². The van der Waals surface area contributed by atoms with Crippen LogP contribution in [0, 0.1) is 5.82 Å². The minimum atomic E-state index is -0.824. The number of carbonyl (C=O) groups is 2. The van der Waals surface area contributed by atoms with Crippen LogP contribution in [0.2, 0.25) is 0 Å². The second-order valence-corrected chi connectivity index (χ2v) is 11.2. The van der Waals surface area contributed by atoms with Gasteiger partial charge in [0.1, 0.15) is 5.82 Å². The van der Waals surface area contributed by atoms with Crippen molar-refractivity contribution in [1.29, 1.82) is 0 Å². The standard InChI is InChI=1S/C37H41FN2O5/c1-5-22-45-31(24-32(42)44-4)23-30(41)20-21-40-35(25(2)3)34(37(43)39-29-14-10-7-11-15-29)33(26-12-8-6-9-13-26)36(40)27-16-18-28(38)19-17-27/h5-19,25,30-31,41H,1,20-24H2,2-4H3,(H,39,43)/t30-,31-/m1/s1. The molecule has 1 aromatic heterocycles. The molecule has 0 radical (unpaired) electrons. The molecule has 7 nitrogen and oxygen atoms in total. The Morgan fingerprint density at radius 1 is 0.978 bits per heavy atom. The van der Waals surface area contributed by atoms with Gasteiger partial charge in [0.05, 0.1) is 43.6 Å². The average Bonchev–Trinajstić information content (AvgIpc) is 3.39. The van der Waals surface area contributed by atoms with Crippen LogP contribution < -0.4 is 5.32 Å². The summed E-state index contributed by atoms with van der Waals surface area (Å²) in [5.41, 5.74) is 5.04. The minimum absolute atomic E-state index is 0.00491. The number of hydrogen-bond acceptors (Lipinski definition) is 5. The van der Waals surface area contributed by atoms with Gasteiger partial charge in [0.25, 0.3) is 5.91 Å². The van der Waals surface area contributed by atoms with E-state index in [0.717, 1.165) is 28.1 Å². The Kier molecular flexibility index (Phi) is 11.8. The number of esters is 1. The third-order valence-corrected chi connectivity index (χ3v) is 7.58. The van der Waals surface area contributed by atoms with Gasteiger partial charge in [-0.3, -0.25) is 9.59 Å². The van der Waals surface area contributed by atoms with Crippen LogP contribution in [0.15, 0.2) is 97.6 Å². The Labute approximate surface area is 264 Å². The number of carbonyl (C=O) groups excluding carboxylic acids is 2. The normalized spacial score (nSPS) is 12.5. The number of halogens is 1. The monoisotopic (exact) mass is 612 g/mol. The second kappa shape index (κ2) is 16.0. The van der Waals surface area contributed by atoms with Crippen molar-refractivity contribution in [3.63, 3.8) is 0 Å². The third-order valence-electron chi connectivity index (χ3n) is 7.58. The SMILES string of the molecule is C=CCO[C@@H](CC(=O)OC)C[C@H](O)CCn1c(-c2ccc(F)cc2)c(-c2ccccc2)c(C(=O)Nc2ccccc2)c1C(C)C. The number of hydrogen-bond donors (Lipinski definition) is 2. The molecule has 0 unspecified atom stereocenters. The zero-order valence-corrected chi connectivity index (χ0v) is 26.0. The molecule has 0 aliphatic heterocycles. The predicted molar refractivity (Wildman–Crippen MR) is 176 cm³/mol. The summed E-state index contributed by atoms with van der Waals surface area (Å²) in [6.07, 6.45) is 0.738. The van der Waals surface area contributed by atoms with E-state index in [2.05, 4.69) is 16.5 Å². The van der Waals surface area contributed by atoms with Crippen molar-refractivity contribution in [2.24, 2.45) is 0 Å². The number of methoxy groups -OCH3 is 1. The molecular formula is C37H41FN2O5. The summed E-state index contributed by atoms with van der Waals surface area (Å²) in [6, 6.07) is 25.2. The number of ether oxygens (including phenoxy) is 2. The van der Waals surface area contributed by atoms with E-state index in [9.17, 15) is 19.1 Å². The van der Waals surface area contributed by atoms with Crippen LogP contribution in [0.4, 0.5) is 10.1 Å². The van der Waals surface area contributed by atoms with Gasteiger partial charge in [-0.1, -0.05) is 68.5 Å². The van der Waals surface area contributed by atoms with E-state index in [1.165, 1.54) is 19.2 Å². The Morgan fingerprint density at radius 2 is 1.62 bits per heavy atom. The highest BCUT2D eigenvalue weighted by Crippen LogP contribution is 2.42. The summed E-state index contributed by atoms with van der Waals surface area (Å²) in [6.45, 7) is 8.31. The van der Waals surface area contributed by atoms with Crippen molar-refractivity contribution in [2.45, 2.75) is 57.8 Å². The number of benzene rings is 3. The zero-order valence-electron chi connectivity index (χ0n) is 26.0. The summed E-state index contributed by atoms with van der Waals surface area (Å²) in [7, 11) is 1.32. The fourth-order valence-electron chi connectivity index (χ4n) is 5.59. The molecule has 0 spiro atoms. The third kappa shape index (κ3) is 8.56. The lowest BCUT2D eigenvalue weighted by Crippen LogP contribution is -2.26. The van der Waals surface area contributed by atoms with Gasteiger partial charge in [-0.2, -0.15) is 0 Å². The molecule has 1 amide bonds. The van der Waals surface area contributed by atoms with E-state index < -0.39 is 18.2 Å². The Hall–Kier alpha value is -4.53. The highest BCUT2D eigenvalue weighted by atomic mass is 19.1. The first-order valence-electron chi connectivity index (χ1n) is 15.1. The van der Waals surface area contributed by atoms with Gasteiger partial charge in [-0.25, -0.2) is 4.39 Å². The smallest absolute Gasteiger partial charge is 0.308 e. The molecule has 4 rings (SSSR count). The highest BCUT2D eigenvalue weighted by molar-refractivity contribution is 6.12. The molecule has 2 N–H and O–H groups in total. The molecule has 0 aliphatic carbocycles. The lowest BCUT2D eigenvalue weighted by atomic mass is 9.94. The lowest BCUT2D eigenvalue weighted by molar-refractivity contribution is -0.144. The van der Waals surface area contributed by atoms with Crippen LogP contribution in [0.3, 0.4) is 0 Å². The first-order valence-corrected chi connectivity index (χ1v) is 15.1. The molecule has 3 aromatic carbocycles. The number of rotatable bonds is 15. The Bertz CT molecular complexity index is 1570. The average molecular weight is 613 g/mol. The molecule has 0 fully saturated rings. The first-order chi connectivity index (χ1) is 21.7. The number of para-hydroxylation sites is 1. The van der Waals surface area contributed by atoms with Gasteiger partial charge in [0, 0.05) is 29.9 Å². The van der Waals surface area contributed by atoms with E-state index in [-0.39, 0.29) is 37.1 Å². The van der Waals surface area contributed by atoms with Gasteiger partial charge in [-0.15, -0.1) is 6.58 Å². The summed E-state index contributed by atoms with van der Waals surface area (Å²) >= 11 is 0. The summed E-state index contributed by atoms with van der Waals surface area (Å²) in [4.78, 5) is 26.2. The minimum Gasteiger partial charge on any atom is -0.469 e. The molecule has 0 saturated heterocycles. The van der Waals surface area contributed by atoms with E-state index in [0.29, 0.717) is 24.2 Å². The van der Waals surface area contributed by atoms with Crippen molar-refractivity contribution >= 4 is 17.6 Å². The molecule has 4 aromatic rings. The maximum absolute atomic E-state index is 14.2. The molecule has 0 saturated carbocycles. The number of nitrogens with one attached hydrogen (secondary N) is 1. The van der Waals surface area contributed by atoms with Crippen molar-refractivity contribution in [3.8, 4) is 22.4 Å². The van der Waals surface area contributed by atoms with E-state index >= 15 is 0 Å². The Morgan fingerprint density at radius 3 is 2.22 bits per heavy atom. The van der Waals surface area contributed by atoms with E-state index in [1.54, 1.807) is 18.2 Å². The molecule has 45 heavy (non-hydrogen) atoms. The van der Waals surface area contributed by atoms with E-state index in [1.807, 2.05) is 74.5 Å². The summed E-state index contributed by atoms with van der Waals surface area (Å²) in [5.74, 6) is -1.14. The lowest BCUT2D eigenvalue weighted by Gasteiger charge is -2.22. The van der Waals surface area contributed by atoms with E-state index in [4.69, 9.17) is 9.47 Å². The fourth-order valence-corrected chi connectivity index (χ4v) is 5.59. The van der Waals surface area contributed by atoms with Gasteiger partial charge in [0.2, 0.25) is 0 Å². The zero-order chi connectivity index (χ0) is 32.3. The Balaban J connectivity index is 1.83. The van der Waals surface area contributed by atoms with Crippen LogP contribution in [0.5, 0.6) is 0 Å². The van der Waals surface area contributed by atoms with Gasteiger partial charge in [-0.05, 0) is 59.9 Å². The van der Waals surface area contributed by atoms with Crippen LogP contribution in [0.1, 0.15) is 55.1 Å². The van der Waals surface area contributed by atoms with Crippen molar-refractivity contribution in [1.82, 2.24) is 4.57 Å². The fraction of sp³-hybridized carbons (Fsp3) is 0.297. The molecule has 0 aliphatic rings. The first kappa shape index (κ1) is 33.4. The number of anilines is 1. The molecular weight excluding hydrogens is 571 g/mol. The number of aliphatic hydroxyl groups is 1. The molecule has 236 valence electrons. The topological polar surface area (TPSA) is 89.8 Å². The van der Waals surface area contributed by atoms with Gasteiger partial charge >= 0.3 is 5.97 Å².